The average Bonchev–Trinajstić information content (AvgIpc) is 3.32. The highest BCUT2D eigenvalue weighted by Crippen LogP contribution is 2.51. The molecule has 4 N–H and O–H groups in total. The first kappa shape index (κ1) is 25.7. The summed E-state index contributed by atoms with van der Waals surface area (Å²) in [6.07, 6.45) is 4.10. The van der Waals surface area contributed by atoms with E-state index in [4.69, 9.17) is 17.3 Å². The Bertz CT molecular complexity index is 1280. The maximum Gasteiger partial charge on any atom is 0.235 e. The molecule has 10 nitrogen and oxygen atoms in total. The van der Waals surface area contributed by atoms with Gasteiger partial charge in [0.2, 0.25) is 5.91 Å². The monoisotopic (exact) mass is 529 g/mol. The summed E-state index contributed by atoms with van der Waals surface area (Å²) in [7, 11) is 3.09. The van der Waals surface area contributed by atoms with Crippen LogP contribution in [-0.4, -0.2) is 87.9 Å². The molecule has 0 radical (unpaired) electrons. The SMILES string of the molecule is CN(C)[C@H]1C(=O)C(C(N)=O)C(=O)[C@@]2(O)C(=O)C3C(=O)c4c(O)c(CN5CC=CC5)cc(Cl)c4C[C@H]3C[C@@H]12. The molecule has 1 aromatic carbocycles. The highest BCUT2D eigenvalue weighted by Gasteiger charge is 2.69. The standard InChI is InChI=1S/C26H28ClN3O7/c1-29(2)19-14-8-11-7-13-15(27)9-12(10-30-5-3-4-6-30)20(31)17(13)21(32)16(11)23(34)26(14,37)24(35)18(22(19)33)25(28)36/h3-4,9,11,14,16,18-19,31,37H,5-8,10H2,1-2H3,(H2,28,36)/t11-,14-,16?,18?,19+,26-/m0/s1. The minimum Gasteiger partial charge on any atom is -0.507 e. The van der Waals surface area contributed by atoms with Crippen molar-refractivity contribution in [1.82, 2.24) is 9.80 Å². The zero-order valence-electron chi connectivity index (χ0n) is 20.4. The van der Waals surface area contributed by atoms with Gasteiger partial charge in [0.1, 0.15) is 5.75 Å². The third-order valence-electron chi connectivity index (χ3n) is 8.37. The minimum atomic E-state index is -2.74. The molecule has 2 unspecified atom stereocenters. The normalized spacial score (nSPS) is 33.5. The van der Waals surface area contributed by atoms with Crippen LogP contribution in [0.4, 0.5) is 0 Å². The molecule has 196 valence electrons. The molecular weight excluding hydrogens is 502 g/mol. The number of benzene rings is 1. The topological polar surface area (TPSA) is 158 Å². The minimum absolute atomic E-state index is 0.0117. The second kappa shape index (κ2) is 8.83. The van der Waals surface area contributed by atoms with E-state index in [1.54, 1.807) is 20.2 Å². The summed E-state index contributed by atoms with van der Waals surface area (Å²) in [5.74, 6) is -10.6. The largest absolute Gasteiger partial charge is 0.507 e. The molecule has 6 atom stereocenters. The number of aliphatic hydroxyl groups is 1. The number of nitrogens with zero attached hydrogens (tertiary/aromatic N) is 2. The summed E-state index contributed by atoms with van der Waals surface area (Å²) in [6.45, 7) is 1.68. The van der Waals surface area contributed by atoms with Crippen molar-refractivity contribution in [3.63, 3.8) is 0 Å². The molecule has 1 amide bonds. The van der Waals surface area contributed by atoms with Gasteiger partial charge in [0.25, 0.3) is 0 Å². The number of amides is 1. The van der Waals surface area contributed by atoms with Gasteiger partial charge in [-0.15, -0.1) is 0 Å². The first-order chi connectivity index (χ1) is 17.4. The van der Waals surface area contributed by atoms with Gasteiger partial charge in [-0.25, -0.2) is 0 Å². The molecule has 11 heteroatoms. The second-order valence-corrected chi connectivity index (χ2v) is 11.1. The second-order valence-electron chi connectivity index (χ2n) is 10.7. The third-order valence-corrected chi connectivity index (χ3v) is 8.71. The molecule has 1 aliphatic heterocycles. The van der Waals surface area contributed by atoms with Gasteiger partial charge in [-0.3, -0.25) is 33.8 Å². The van der Waals surface area contributed by atoms with E-state index in [1.165, 1.54) is 4.90 Å². The van der Waals surface area contributed by atoms with Crippen molar-refractivity contribution in [1.29, 1.82) is 0 Å². The maximum absolute atomic E-state index is 13.8. The fourth-order valence-electron chi connectivity index (χ4n) is 6.69. The number of fused-ring (bicyclic) bond motifs is 3. The summed E-state index contributed by atoms with van der Waals surface area (Å²) in [5.41, 5.74) is 3.34. The predicted molar refractivity (Wildman–Crippen MR) is 131 cm³/mol. The van der Waals surface area contributed by atoms with E-state index < -0.39 is 64.4 Å². The number of carbonyl (C=O) groups is 5. The Hall–Kier alpha value is -2.92. The number of primary amides is 1. The number of rotatable bonds is 4. The zero-order valence-corrected chi connectivity index (χ0v) is 21.2. The highest BCUT2D eigenvalue weighted by atomic mass is 35.5. The van der Waals surface area contributed by atoms with Crippen LogP contribution in [0.1, 0.15) is 27.9 Å². The smallest absolute Gasteiger partial charge is 0.235 e. The fourth-order valence-corrected chi connectivity index (χ4v) is 6.99. The van der Waals surface area contributed by atoms with E-state index in [9.17, 15) is 34.2 Å². The molecule has 1 heterocycles. The van der Waals surface area contributed by atoms with Gasteiger partial charge in [-0.05, 0) is 44.5 Å². The van der Waals surface area contributed by atoms with Crippen LogP contribution in [-0.2, 0) is 32.1 Å². The molecular formula is C26H28ClN3O7. The number of phenolic OH excluding ortho intramolecular Hbond substituents is 1. The quantitative estimate of drug-likeness (QED) is 0.357. The Morgan fingerprint density at radius 2 is 1.84 bits per heavy atom. The lowest BCUT2D eigenvalue weighted by atomic mass is 9.52. The van der Waals surface area contributed by atoms with E-state index in [1.807, 2.05) is 17.1 Å². The van der Waals surface area contributed by atoms with Gasteiger partial charge in [0.15, 0.2) is 34.7 Å². The van der Waals surface area contributed by atoms with Crippen LogP contribution < -0.4 is 5.73 Å². The summed E-state index contributed by atoms with van der Waals surface area (Å²) in [5, 5.41) is 23.0. The molecule has 0 saturated heterocycles. The van der Waals surface area contributed by atoms with Crippen molar-refractivity contribution in [3.8, 4) is 5.75 Å². The molecule has 0 aromatic heterocycles. The molecule has 2 fully saturated rings. The number of hydrogen-bond acceptors (Lipinski definition) is 9. The van der Waals surface area contributed by atoms with E-state index in [0.717, 1.165) is 0 Å². The summed E-state index contributed by atoms with van der Waals surface area (Å²) >= 11 is 6.58. The molecule has 0 bridgehead atoms. The van der Waals surface area contributed by atoms with Crippen LogP contribution >= 0.6 is 11.6 Å². The Kier molecular flexibility index (Phi) is 6.14. The molecule has 5 rings (SSSR count). The lowest BCUT2D eigenvalue weighted by molar-refractivity contribution is -0.181. The van der Waals surface area contributed by atoms with Crippen LogP contribution in [0, 0.1) is 23.7 Å². The fraction of sp³-hybridized carbons (Fsp3) is 0.500. The van der Waals surface area contributed by atoms with Gasteiger partial charge in [0.05, 0.1) is 17.5 Å². The number of ketones is 4. The van der Waals surface area contributed by atoms with Gasteiger partial charge in [-0.1, -0.05) is 23.8 Å². The molecule has 0 spiro atoms. The lowest BCUT2D eigenvalue weighted by Gasteiger charge is -2.52. The van der Waals surface area contributed by atoms with Gasteiger partial charge < -0.3 is 15.9 Å². The van der Waals surface area contributed by atoms with E-state index in [0.29, 0.717) is 30.8 Å². The number of hydrogen-bond donors (Lipinski definition) is 3. The van der Waals surface area contributed by atoms with Crippen molar-refractivity contribution >= 4 is 40.6 Å². The van der Waals surface area contributed by atoms with Crippen LogP contribution in [0.15, 0.2) is 18.2 Å². The third kappa shape index (κ3) is 3.61. The van der Waals surface area contributed by atoms with Crippen molar-refractivity contribution < 1.29 is 34.2 Å². The number of halogens is 1. The predicted octanol–water partition coefficient (Wildman–Crippen LogP) is -0.108. The van der Waals surface area contributed by atoms with Crippen LogP contribution in [0.25, 0.3) is 0 Å². The number of likely N-dealkylation sites (N-methyl/N-ethyl adjacent to an activating group) is 1. The Balaban J connectivity index is 1.59. The van der Waals surface area contributed by atoms with E-state index in [2.05, 4.69) is 0 Å². The van der Waals surface area contributed by atoms with Crippen LogP contribution in [0.3, 0.4) is 0 Å². The number of Topliss-reactive ketones (excluding diaryl/α,β-unsaturated/α-hetero) is 4. The maximum atomic E-state index is 13.8. The van der Waals surface area contributed by atoms with Crippen molar-refractivity contribution in [2.75, 3.05) is 27.2 Å². The first-order valence-electron chi connectivity index (χ1n) is 12.1. The zero-order chi connectivity index (χ0) is 27.0. The molecule has 1 aromatic rings. The average molecular weight is 530 g/mol. The van der Waals surface area contributed by atoms with Gasteiger partial charge >= 0.3 is 0 Å². The Morgan fingerprint density at radius 3 is 2.43 bits per heavy atom. The summed E-state index contributed by atoms with van der Waals surface area (Å²) < 4.78 is 0. The van der Waals surface area contributed by atoms with Crippen LogP contribution in [0.5, 0.6) is 5.75 Å². The van der Waals surface area contributed by atoms with Crippen molar-refractivity contribution in [2.24, 2.45) is 29.4 Å². The summed E-state index contributed by atoms with van der Waals surface area (Å²) in [6, 6.07) is 0.484. The van der Waals surface area contributed by atoms with Crippen molar-refractivity contribution in [2.45, 2.75) is 31.0 Å². The highest BCUT2D eigenvalue weighted by molar-refractivity contribution is 6.34. The Morgan fingerprint density at radius 1 is 1.19 bits per heavy atom. The number of aromatic hydroxyl groups is 1. The van der Waals surface area contributed by atoms with E-state index >= 15 is 0 Å². The number of nitrogens with two attached hydrogens (primary N) is 1. The summed E-state index contributed by atoms with van der Waals surface area (Å²) in [4.78, 5) is 69.6. The van der Waals surface area contributed by atoms with E-state index in [-0.39, 0.29) is 29.2 Å². The first-order valence-corrected chi connectivity index (χ1v) is 12.5. The number of carbonyl (C=O) groups excluding carboxylic acids is 5. The Labute approximate surface area is 218 Å². The van der Waals surface area contributed by atoms with Gasteiger partial charge in [-0.2, -0.15) is 0 Å². The lowest BCUT2D eigenvalue weighted by Crippen LogP contribution is -2.74. The van der Waals surface area contributed by atoms with Gasteiger partial charge in [0, 0.05) is 36.1 Å². The molecule has 4 aliphatic rings. The van der Waals surface area contributed by atoms with Crippen molar-refractivity contribution in [3.05, 3.63) is 39.9 Å². The van der Waals surface area contributed by atoms with Crippen LogP contribution in [0.2, 0.25) is 5.02 Å². The molecule has 2 saturated carbocycles. The molecule has 37 heavy (non-hydrogen) atoms. The molecule has 3 aliphatic carbocycles. The number of phenols is 1.